The van der Waals surface area contributed by atoms with Gasteiger partial charge in [-0.05, 0) is 31.4 Å². The summed E-state index contributed by atoms with van der Waals surface area (Å²) >= 11 is 0. The summed E-state index contributed by atoms with van der Waals surface area (Å²) in [5, 5.41) is 2.89. The molecule has 144 valence electrons. The van der Waals surface area contributed by atoms with Gasteiger partial charge in [0.25, 0.3) is 0 Å². The molecule has 0 aliphatic carbocycles. The van der Waals surface area contributed by atoms with Crippen LogP contribution in [-0.4, -0.2) is 67.5 Å². The molecular formula is C20H31N3O3. The fourth-order valence-corrected chi connectivity index (χ4v) is 2.96. The van der Waals surface area contributed by atoms with Crippen LogP contribution in [0, 0.1) is 6.92 Å². The summed E-state index contributed by atoms with van der Waals surface area (Å²) in [5.74, 6) is 1.13. The highest BCUT2D eigenvalue weighted by Crippen LogP contribution is 2.16. The SMILES string of the molecule is CCCNC(=O)CN1CCN(C(=O)CCCOc2ccccc2C)CC1. The van der Waals surface area contributed by atoms with E-state index in [1.165, 1.54) is 0 Å². The van der Waals surface area contributed by atoms with Gasteiger partial charge in [0.2, 0.25) is 11.8 Å². The first kappa shape index (κ1) is 20.2. The maximum Gasteiger partial charge on any atom is 0.234 e. The smallest absolute Gasteiger partial charge is 0.234 e. The molecule has 26 heavy (non-hydrogen) atoms. The highest BCUT2D eigenvalue weighted by Gasteiger charge is 2.21. The normalized spacial score (nSPS) is 14.9. The minimum absolute atomic E-state index is 0.0694. The van der Waals surface area contributed by atoms with E-state index < -0.39 is 0 Å². The first-order valence-electron chi connectivity index (χ1n) is 9.55. The average molecular weight is 361 g/mol. The molecule has 1 aromatic rings. The molecule has 2 rings (SSSR count). The number of piperazine rings is 1. The molecular weight excluding hydrogens is 330 g/mol. The average Bonchev–Trinajstić information content (AvgIpc) is 2.65. The molecule has 1 heterocycles. The van der Waals surface area contributed by atoms with Gasteiger partial charge in [0.15, 0.2) is 0 Å². The topological polar surface area (TPSA) is 61.9 Å². The predicted molar refractivity (Wildman–Crippen MR) is 102 cm³/mol. The summed E-state index contributed by atoms with van der Waals surface area (Å²) in [4.78, 5) is 28.1. The van der Waals surface area contributed by atoms with Gasteiger partial charge >= 0.3 is 0 Å². The molecule has 1 fully saturated rings. The Balaban J connectivity index is 1.61. The number of hydrogen-bond acceptors (Lipinski definition) is 4. The lowest BCUT2D eigenvalue weighted by Gasteiger charge is -2.34. The third-order valence-corrected chi connectivity index (χ3v) is 4.55. The van der Waals surface area contributed by atoms with Gasteiger partial charge in [0, 0.05) is 39.1 Å². The zero-order valence-corrected chi connectivity index (χ0v) is 16.0. The molecule has 0 atom stereocenters. The van der Waals surface area contributed by atoms with Crippen molar-refractivity contribution in [1.29, 1.82) is 0 Å². The summed E-state index contributed by atoms with van der Waals surface area (Å²) in [7, 11) is 0. The minimum Gasteiger partial charge on any atom is -0.493 e. The van der Waals surface area contributed by atoms with E-state index in [1.807, 2.05) is 43.0 Å². The summed E-state index contributed by atoms with van der Waals surface area (Å²) in [5.41, 5.74) is 1.11. The van der Waals surface area contributed by atoms with E-state index in [0.29, 0.717) is 39.1 Å². The van der Waals surface area contributed by atoms with Crippen molar-refractivity contribution in [2.75, 3.05) is 45.9 Å². The van der Waals surface area contributed by atoms with Crippen molar-refractivity contribution in [1.82, 2.24) is 15.1 Å². The van der Waals surface area contributed by atoms with E-state index in [4.69, 9.17) is 4.74 Å². The number of nitrogens with zero attached hydrogens (tertiary/aromatic N) is 2. The van der Waals surface area contributed by atoms with Crippen LogP contribution in [0.25, 0.3) is 0 Å². The Morgan fingerprint density at radius 2 is 1.88 bits per heavy atom. The standard InChI is InChI=1S/C20H31N3O3/c1-3-10-21-19(24)16-22-11-13-23(14-12-22)20(25)9-6-15-26-18-8-5-4-7-17(18)2/h4-5,7-8H,3,6,9-16H2,1-2H3,(H,21,24). The van der Waals surface area contributed by atoms with Crippen LogP contribution in [0.15, 0.2) is 24.3 Å². The summed E-state index contributed by atoms with van der Waals surface area (Å²) in [6, 6.07) is 7.91. The van der Waals surface area contributed by atoms with Gasteiger partial charge < -0.3 is 15.0 Å². The second-order valence-electron chi connectivity index (χ2n) is 6.72. The van der Waals surface area contributed by atoms with Gasteiger partial charge in [-0.2, -0.15) is 0 Å². The van der Waals surface area contributed by atoms with Crippen molar-refractivity contribution in [2.45, 2.75) is 33.1 Å². The lowest BCUT2D eigenvalue weighted by Crippen LogP contribution is -2.51. The van der Waals surface area contributed by atoms with E-state index in [0.717, 1.165) is 37.4 Å². The van der Waals surface area contributed by atoms with E-state index in [9.17, 15) is 9.59 Å². The number of amides is 2. The van der Waals surface area contributed by atoms with Crippen LogP contribution in [0.4, 0.5) is 0 Å². The summed E-state index contributed by atoms with van der Waals surface area (Å²) < 4.78 is 5.74. The maximum absolute atomic E-state index is 12.3. The van der Waals surface area contributed by atoms with E-state index in [2.05, 4.69) is 10.2 Å². The van der Waals surface area contributed by atoms with Crippen LogP contribution in [0.1, 0.15) is 31.7 Å². The summed E-state index contributed by atoms with van der Waals surface area (Å²) in [6.07, 6.45) is 2.16. The van der Waals surface area contributed by atoms with Crippen LogP contribution in [-0.2, 0) is 9.59 Å². The molecule has 1 saturated heterocycles. The number of carbonyl (C=O) groups excluding carboxylic acids is 2. The number of ether oxygens (including phenoxy) is 1. The molecule has 0 bridgehead atoms. The largest absolute Gasteiger partial charge is 0.493 e. The Morgan fingerprint density at radius 3 is 2.58 bits per heavy atom. The Bertz CT molecular complexity index is 583. The van der Waals surface area contributed by atoms with Crippen molar-refractivity contribution < 1.29 is 14.3 Å². The molecule has 0 saturated carbocycles. The maximum atomic E-state index is 12.3. The van der Waals surface area contributed by atoms with Crippen molar-refractivity contribution in [2.24, 2.45) is 0 Å². The molecule has 1 aromatic carbocycles. The molecule has 6 heteroatoms. The van der Waals surface area contributed by atoms with E-state index in [1.54, 1.807) is 0 Å². The molecule has 0 aromatic heterocycles. The number of rotatable bonds is 9. The van der Waals surface area contributed by atoms with Gasteiger partial charge in [0.1, 0.15) is 5.75 Å². The summed E-state index contributed by atoms with van der Waals surface area (Å²) in [6.45, 7) is 8.65. The third kappa shape index (κ3) is 6.67. The minimum atomic E-state index is 0.0694. The van der Waals surface area contributed by atoms with Crippen LogP contribution < -0.4 is 10.1 Å². The Kier molecular flexibility index (Phi) is 8.41. The Morgan fingerprint density at radius 1 is 1.15 bits per heavy atom. The highest BCUT2D eigenvalue weighted by atomic mass is 16.5. The molecule has 1 aliphatic rings. The van der Waals surface area contributed by atoms with Crippen LogP contribution in [0.5, 0.6) is 5.75 Å². The van der Waals surface area contributed by atoms with Gasteiger partial charge in [-0.1, -0.05) is 25.1 Å². The zero-order chi connectivity index (χ0) is 18.8. The Labute approximate surface area is 156 Å². The molecule has 1 N–H and O–H groups in total. The first-order chi connectivity index (χ1) is 12.6. The van der Waals surface area contributed by atoms with Crippen LogP contribution in [0.3, 0.4) is 0 Å². The fraction of sp³-hybridized carbons (Fsp3) is 0.600. The van der Waals surface area contributed by atoms with Crippen molar-refractivity contribution in [3.05, 3.63) is 29.8 Å². The van der Waals surface area contributed by atoms with Crippen LogP contribution >= 0.6 is 0 Å². The van der Waals surface area contributed by atoms with Crippen molar-refractivity contribution in [3.8, 4) is 5.75 Å². The third-order valence-electron chi connectivity index (χ3n) is 4.55. The fourth-order valence-electron chi connectivity index (χ4n) is 2.96. The lowest BCUT2D eigenvalue weighted by atomic mass is 10.2. The van der Waals surface area contributed by atoms with Gasteiger partial charge in [0.05, 0.1) is 13.2 Å². The van der Waals surface area contributed by atoms with Gasteiger partial charge in [-0.3, -0.25) is 14.5 Å². The monoisotopic (exact) mass is 361 g/mol. The second-order valence-corrected chi connectivity index (χ2v) is 6.72. The number of aryl methyl sites for hydroxylation is 1. The molecule has 1 aliphatic heterocycles. The van der Waals surface area contributed by atoms with E-state index >= 15 is 0 Å². The number of carbonyl (C=O) groups is 2. The number of para-hydroxylation sites is 1. The van der Waals surface area contributed by atoms with Gasteiger partial charge in [-0.25, -0.2) is 0 Å². The number of nitrogens with one attached hydrogen (secondary N) is 1. The molecule has 6 nitrogen and oxygen atoms in total. The highest BCUT2D eigenvalue weighted by molar-refractivity contribution is 5.78. The molecule has 0 spiro atoms. The van der Waals surface area contributed by atoms with Crippen molar-refractivity contribution >= 4 is 11.8 Å². The lowest BCUT2D eigenvalue weighted by molar-refractivity contribution is -0.133. The van der Waals surface area contributed by atoms with Crippen LogP contribution in [0.2, 0.25) is 0 Å². The Hall–Kier alpha value is -2.08. The van der Waals surface area contributed by atoms with E-state index in [-0.39, 0.29) is 11.8 Å². The molecule has 0 radical (unpaired) electrons. The number of benzene rings is 1. The van der Waals surface area contributed by atoms with Gasteiger partial charge in [-0.15, -0.1) is 0 Å². The van der Waals surface area contributed by atoms with Crippen molar-refractivity contribution in [3.63, 3.8) is 0 Å². The second kappa shape index (κ2) is 10.8. The number of hydrogen-bond donors (Lipinski definition) is 1. The predicted octanol–water partition coefficient (Wildman–Crippen LogP) is 1.82. The molecule has 0 unspecified atom stereocenters. The zero-order valence-electron chi connectivity index (χ0n) is 16.0. The molecule has 2 amide bonds. The quantitative estimate of drug-likeness (QED) is 0.682. The first-order valence-corrected chi connectivity index (χ1v) is 9.55.